The van der Waals surface area contributed by atoms with Gasteiger partial charge in [0.15, 0.2) is 17.7 Å². The lowest BCUT2D eigenvalue weighted by molar-refractivity contribution is 0.0924. The van der Waals surface area contributed by atoms with Gasteiger partial charge in [-0.05, 0) is 35.0 Å². The number of phenolic OH excluding ortho intramolecular Hbond substituents is 1. The first-order valence-electron chi connectivity index (χ1n) is 9.78. The number of hydrogen-bond donors (Lipinski definition) is 7. The highest BCUT2D eigenvalue weighted by Crippen LogP contribution is 2.26. The summed E-state index contributed by atoms with van der Waals surface area (Å²) in [5, 5.41) is 59.9. The van der Waals surface area contributed by atoms with Crippen LogP contribution in [0.4, 0.5) is 0 Å². The summed E-state index contributed by atoms with van der Waals surface area (Å²) >= 11 is 0. The van der Waals surface area contributed by atoms with Crippen LogP contribution in [0.5, 0.6) is 5.75 Å². The largest absolute Gasteiger partial charge is 0.507 e. The number of fused-ring (bicyclic) bond motifs is 1. The number of nitrogens with two attached hydrogens (primary N) is 1. The number of phenols is 1. The van der Waals surface area contributed by atoms with Gasteiger partial charge in [0.1, 0.15) is 41.4 Å². The van der Waals surface area contributed by atoms with Crippen molar-refractivity contribution in [3.63, 3.8) is 0 Å². The van der Waals surface area contributed by atoms with Crippen molar-refractivity contribution in [2.24, 2.45) is 5.73 Å². The molecule has 0 aromatic heterocycles. The minimum absolute atomic E-state index is 0.0293. The van der Waals surface area contributed by atoms with E-state index >= 15 is 0 Å². The van der Waals surface area contributed by atoms with Crippen molar-refractivity contribution in [3.8, 4) is 30.0 Å². The van der Waals surface area contributed by atoms with Crippen LogP contribution in [0.15, 0.2) is 53.1 Å². The van der Waals surface area contributed by atoms with Gasteiger partial charge in [-0.2, -0.15) is 21.0 Å². The Hall–Kier alpha value is -5.92. The smallest absolute Gasteiger partial charge is 0.258 e. The van der Waals surface area contributed by atoms with E-state index in [1.807, 2.05) is 0 Å². The average Bonchev–Trinajstić information content (AvgIpc) is 3.27. The van der Waals surface area contributed by atoms with E-state index in [4.69, 9.17) is 26.8 Å². The molecule has 1 aliphatic heterocycles. The lowest BCUT2D eigenvalue weighted by Crippen LogP contribution is -2.49. The Bertz CT molecular complexity index is 1440. The molecule has 0 saturated carbocycles. The SMILES string of the molecule is N#CC1=C(C#N)NC(NC(=O)c2cc3cc(C(=O)NCN/C(C#N)=C(\N)C#N)ccc3cc2O)N1. The van der Waals surface area contributed by atoms with Gasteiger partial charge in [0.2, 0.25) is 0 Å². The summed E-state index contributed by atoms with van der Waals surface area (Å²) in [6.07, 6.45) is -0.936. The molecule has 2 aromatic rings. The third-order valence-corrected chi connectivity index (χ3v) is 4.80. The molecule has 0 saturated heterocycles. The molecule has 13 nitrogen and oxygen atoms in total. The van der Waals surface area contributed by atoms with Crippen LogP contribution in [-0.4, -0.2) is 29.9 Å². The molecule has 0 spiro atoms. The predicted octanol–water partition coefficient (Wildman–Crippen LogP) is -0.495. The van der Waals surface area contributed by atoms with Gasteiger partial charge >= 0.3 is 0 Å². The first-order valence-corrected chi connectivity index (χ1v) is 9.78. The van der Waals surface area contributed by atoms with E-state index in [-0.39, 0.29) is 46.3 Å². The molecule has 35 heavy (non-hydrogen) atoms. The van der Waals surface area contributed by atoms with Crippen LogP contribution in [-0.2, 0) is 0 Å². The Morgan fingerprint density at radius 2 is 1.63 bits per heavy atom. The number of nitrogens with one attached hydrogen (secondary N) is 5. The summed E-state index contributed by atoms with van der Waals surface area (Å²) in [5.74, 6) is -1.52. The number of benzene rings is 2. The maximum atomic E-state index is 12.7. The topological polar surface area (TPSA) is 236 Å². The predicted molar refractivity (Wildman–Crippen MR) is 119 cm³/mol. The number of hydrogen-bond acceptors (Lipinski definition) is 11. The van der Waals surface area contributed by atoms with Crippen molar-refractivity contribution in [2.75, 3.05) is 6.67 Å². The number of allylic oxidation sites excluding steroid dienone is 4. The Morgan fingerprint density at radius 1 is 0.943 bits per heavy atom. The highest BCUT2D eigenvalue weighted by atomic mass is 16.3. The molecule has 0 aliphatic carbocycles. The lowest BCUT2D eigenvalue weighted by atomic mass is 10.0. The number of aromatic hydroxyl groups is 1. The first-order chi connectivity index (χ1) is 16.8. The number of rotatable bonds is 6. The molecule has 0 bridgehead atoms. The standard InChI is InChI=1S/C22H16N10O3/c23-6-15(27)16(7-24)28-10-29-20(34)12-2-1-11-5-19(33)14(4-13(11)3-12)21(35)32-22-30-17(8-25)18(9-26)31-22/h1-5,22,28,30-31,33H,10,27H2,(H,29,34)(H,32,35)/b16-15-. The van der Waals surface area contributed by atoms with Gasteiger partial charge in [-0.3, -0.25) is 9.59 Å². The molecule has 2 aromatic carbocycles. The quantitative estimate of drug-likeness (QED) is 0.211. The Morgan fingerprint density at radius 3 is 2.23 bits per heavy atom. The molecule has 8 N–H and O–H groups in total. The van der Waals surface area contributed by atoms with Crippen LogP contribution in [0.2, 0.25) is 0 Å². The van der Waals surface area contributed by atoms with Gasteiger partial charge in [0.05, 0.1) is 12.2 Å². The maximum Gasteiger partial charge on any atom is 0.258 e. The number of carbonyl (C=O) groups is 2. The minimum atomic E-state index is -0.936. The van der Waals surface area contributed by atoms with Gasteiger partial charge < -0.3 is 37.4 Å². The Kier molecular flexibility index (Phi) is 6.87. The highest BCUT2D eigenvalue weighted by Gasteiger charge is 2.25. The molecule has 0 unspecified atom stereocenters. The van der Waals surface area contributed by atoms with E-state index in [1.165, 1.54) is 24.3 Å². The van der Waals surface area contributed by atoms with Gasteiger partial charge in [-0.25, -0.2) is 0 Å². The molecule has 0 fully saturated rings. The third-order valence-electron chi connectivity index (χ3n) is 4.80. The van der Waals surface area contributed by atoms with Crippen molar-refractivity contribution >= 4 is 22.6 Å². The fourth-order valence-corrected chi connectivity index (χ4v) is 3.10. The monoisotopic (exact) mass is 468 g/mol. The van der Waals surface area contributed by atoms with E-state index in [2.05, 4.69) is 26.6 Å². The Balaban J connectivity index is 1.74. The van der Waals surface area contributed by atoms with Gasteiger partial charge in [-0.1, -0.05) is 6.07 Å². The van der Waals surface area contributed by atoms with E-state index < -0.39 is 18.1 Å². The van der Waals surface area contributed by atoms with Gasteiger partial charge in [-0.15, -0.1) is 0 Å². The van der Waals surface area contributed by atoms with Crippen LogP contribution in [0, 0.1) is 45.3 Å². The average molecular weight is 468 g/mol. The van der Waals surface area contributed by atoms with Crippen LogP contribution < -0.4 is 32.3 Å². The van der Waals surface area contributed by atoms with Gasteiger partial charge in [0, 0.05) is 5.56 Å². The summed E-state index contributed by atoms with van der Waals surface area (Å²) in [7, 11) is 0. The summed E-state index contributed by atoms with van der Waals surface area (Å²) in [6.45, 7) is -0.170. The van der Waals surface area contributed by atoms with Crippen LogP contribution >= 0.6 is 0 Å². The molecule has 13 heteroatoms. The zero-order valence-electron chi connectivity index (χ0n) is 17.8. The van der Waals surface area contributed by atoms with E-state index in [0.717, 1.165) is 0 Å². The van der Waals surface area contributed by atoms with Crippen molar-refractivity contribution in [2.45, 2.75) is 6.29 Å². The number of nitrogens with zero attached hydrogens (tertiary/aromatic N) is 4. The summed E-state index contributed by atoms with van der Waals surface area (Å²) in [6, 6.07) is 14.3. The molecule has 0 atom stereocenters. The lowest BCUT2D eigenvalue weighted by Gasteiger charge is -2.16. The molecule has 3 rings (SSSR count). The normalized spacial score (nSPS) is 13.1. The van der Waals surface area contributed by atoms with Crippen molar-refractivity contribution < 1.29 is 14.7 Å². The number of nitriles is 4. The molecule has 2 amide bonds. The molecule has 1 aliphatic rings. The first kappa shape index (κ1) is 23.7. The second-order valence-electron chi connectivity index (χ2n) is 6.97. The maximum absolute atomic E-state index is 12.7. The molecule has 0 radical (unpaired) electrons. The zero-order valence-corrected chi connectivity index (χ0v) is 17.8. The molecule has 172 valence electrons. The zero-order chi connectivity index (χ0) is 25.5. The molecule has 1 heterocycles. The Labute approximate surface area is 198 Å². The van der Waals surface area contributed by atoms with E-state index in [1.54, 1.807) is 30.3 Å². The minimum Gasteiger partial charge on any atom is -0.507 e. The van der Waals surface area contributed by atoms with Crippen LogP contribution in [0.3, 0.4) is 0 Å². The second-order valence-corrected chi connectivity index (χ2v) is 6.97. The number of carbonyl (C=O) groups excluding carboxylic acids is 2. The summed E-state index contributed by atoms with van der Waals surface area (Å²) < 4.78 is 0. The highest BCUT2D eigenvalue weighted by molar-refractivity contribution is 6.04. The fraction of sp³-hybridized carbons (Fsp3) is 0.0909. The molecular weight excluding hydrogens is 452 g/mol. The second kappa shape index (κ2) is 10.1. The molecular formula is C22H16N10O3. The van der Waals surface area contributed by atoms with Crippen LogP contribution in [0.1, 0.15) is 20.7 Å². The van der Waals surface area contributed by atoms with Crippen LogP contribution in [0.25, 0.3) is 10.8 Å². The summed E-state index contributed by atoms with van der Waals surface area (Å²) in [5.41, 5.74) is 4.96. The van der Waals surface area contributed by atoms with Crippen molar-refractivity contribution in [3.05, 3.63) is 64.2 Å². The van der Waals surface area contributed by atoms with Crippen molar-refractivity contribution in [1.29, 1.82) is 21.0 Å². The summed E-state index contributed by atoms with van der Waals surface area (Å²) in [4.78, 5) is 25.2. The fourth-order valence-electron chi connectivity index (χ4n) is 3.10. The van der Waals surface area contributed by atoms with E-state index in [9.17, 15) is 14.7 Å². The van der Waals surface area contributed by atoms with E-state index in [0.29, 0.717) is 10.8 Å². The van der Waals surface area contributed by atoms with Gasteiger partial charge in [0.25, 0.3) is 11.8 Å². The third kappa shape index (κ3) is 5.12. The van der Waals surface area contributed by atoms with Crippen molar-refractivity contribution in [1.82, 2.24) is 26.6 Å². The number of amides is 2.